The quantitative estimate of drug-likeness (QED) is 0.548. The minimum absolute atomic E-state index is 0.0564. The van der Waals surface area contributed by atoms with E-state index >= 15 is 0 Å². The van der Waals surface area contributed by atoms with Crippen molar-refractivity contribution in [3.63, 3.8) is 0 Å². The van der Waals surface area contributed by atoms with Crippen molar-refractivity contribution < 1.29 is 27.3 Å². The molecule has 0 atom stereocenters. The average Bonchev–Trinajstić information content (AvgIpc) is 2.73. The summed E-state index contributed by atoms with van der Waals surface area (Å²) in [5.74, 6) is -1.44. The zero-order chi connectivity index (χ0) is 21.9. The van der Waals surface area contributed by atoms with Gasteiger partial charge in [-0.25, -0.2) is 12.8 Å². The van der Waals surface area contributed by atoms with Gasteiger partial charge in [-0.2, -0.15) is 4.31 Å². The largest absolute Gasteiger partial charge is 0.495 e. The normalized spacial score (nSPS) is 15.5. The van der Waals surface area contributed by atoms with Crippen molar-refractivity contribution in [3.8, 4) is 5.75 Å². The molecule has 3 rings (SSSR count). The molecule has 0 saturated carbocycles. The van der Waals surface area contributed by atoms with Gasteiger partial charge in [0.1, 0.15) is 16.5 Å². The summed E-state index contributed by atoms with van der Waals surface area (Å²) < 4.78 is 45.5. The van der Waals surface area contributed by atoms with E-state index in [9.17, 15) is 27.7 Å². The molecule has 0 bridgehead atoms. The van der Waals surface area contributed by atoms with Crippen LogP contribution in [0.15, 0.2) is 47.4 Å². The van der Waals surface area contributed by atoms with Crippen LogP contribution in [0.25, 0.3) is 0 Å². The van der Waals surface area contributed by atoms with Crippen LogP contribution in [0, 0.1) is 21.8 Å². The summed E-state index contributed by atoms with van der Waals surface area (Å²) >= 11 is 0. The van der Waals surface area contributed by atoms with E-state index in [0.29, 0.717) is 0 Å². The highest BCUT2D eigenvalue weighted by Gasteiger charge is 2.33. The van der Waals surface area contributed by atoms with Crippen LogP contribution < -0.4 is 10.1 Å². The Morgan fingerprint density at radius 2 is 1.90 bits per heavy atom. The third-order valence-corrected chi connectivity index (χ3v) is 6.86. The van der Waals surface area contributed by atoms with E-state index in [0.717, 1.165) is 10.4 Å². The Kier molecular flexibility index (Phi) is 6.32. The first kappa shape index (κ1) is 21.7. The van der Waals surface area contributed by atoms with E-state index in [1.807, 2.05) is 0 Å². The zero-order valence-corrected chi connectivity index (χ0v) is 16.9. The molecule has 1 amide bonds. The minimum Gasteiger partial charge on any atom is -0.495 e. The molecule has 1 aliphatic heterocycles. The van der Waals surface area contributed by atoms with E-state index in [2.05, 4.69) is 5.32 Å². The molecule has 0 aromatic heterocycles. The average molecular weight is 437 g/mol. The Morgan fingerprint density at radius 3 is 2.50 bits per heavy atom. The molecule has 0 aliphatic carbocycles. The topological polar surface area (TPSA) is 119 Å². The van der Waals surface area contributed by atoms with Crippen molar-refractivity contribution in [3.05, 3.63) is 58.4 Å². The summed E-state index contributed by atoms with van der Waals surface area (Å²) in [4.78, 5) is 22.6. The van der Waals surface area contributed by atoms with E-state index in [-0.39, 0.29) is 43.1 Å². The second-order valence-corrected chi connectivity index (χ2v) is 8.65. The molecule has 1 heterocycles. The number of hydrogen-bond acceptors (Lipinski definition) is 6. The van der Waals surface area contributed by atoms with Crippen LogP contribution in [0.1, 0.15) is 12.8 Å². The Labute approximate surface area is 172 Å². The molecule has 160 valence electrons. The third kappa shape index (κ3) is 4.41. The standard InChI is InChI=1S/C19H20FN3O6S/c1-29-17-7-6-14(23(25)26)12-16(17)21-19(24)13-8-10-22(11-9-13)30(27,28)18-5-3-2-4-15(18)20/h2-7,12-13H,8-11H2,1H3,(H,21,24). The third-order valence-electron chi connectivity index (χ3n) is 4.93. The highest BCUT2D eigenvalue weighted by molar-refractivity contribution is 7.89. The molecular weight excluding hydrogens is 417 g/mol. The van der Waals surface area contributed by atoms with Crippen molar-refractivity contribution in [2.75, 3.05) is 25.5 Å². The number of sulfonamides is 1. The van der Waals surface area contributed by atoms with Gasteiger partial charge in [0.15, 0.2) is 0 Å². The summed E-state index contributed by atoms with van der Waals surface area (Å²) in [6, 6.07) is 9.00. The van der Waals surface area contributed by atoms with E-state index < -0.39 is 37.5 Å². The predicted molar refractivity (Wildman–Crippen MR) is 106 cm³/mol. The first-order valence-corrected chi connectivity index (χ1v) is 10.6. The molecule has 11 heteroatoms. The molecule has 1 fully saturated rings. The van der Waals surface area contributed by atoms with Crippen LogP contribution in [-0.2, 0) is 14.8 Å². The maximum atomic E-state index is 13.9. The van der Waals surface area contributed by atoms with Crippen LogP contribution in [0.2, 0.25) is 0 Å². The molecule has 1 aliphatic rings. The molecule has 30 heavy (non-hydrogen) atoms. The van der Waals surface area contributed by atoms with E-state index in [1.54, 1.807) is 0 Å². The summed E-state index contributed by atoms with van der Waals surface area (Å²) in [5, 5.41) is 13.6. The lowest BCUT2D eigenvalue weighted by Gasteiger charge is -2.30. The fourth-order valence-corrected chi connectivity index (χ4v) is 4.83. The summed E-state index contributed by atoms with van der Waals surface area (Å²) in [7, 11) is -2.62. The molecule has 1 saturated heterocycles. The maximum Gasteiger partial charge on any atom is 0.271 e. The first-order valence-electron chi connectivity index (χ1n) is 9.12. The van der Waals surface area contributed by atoms with Crippen LogP contribution in [-0.4, -0.2) is 43.8 Å². The number of anilines is 1. The molecule has 2 aromatic rings. The number of ether oxygens (including phenoxy) is 1. The number of non-ortho nitro benzene ring substituents is 1. The van der Waals surface area contributed by atoms with Gasteiger partial charge in [-0.3, -0.25) is 14.9 Å². The van der Waals surface area contributed by atoms with Gasteiger partial charge in [0.25, 0.3) is 5.69 Å². The Hall–Kier alpha value is -3.05. The molecule has 9 nitrogen and oxygen atoms in total. The van der Waals surface area contributed by atoms with E-state index in [4.69, 9.17) is 4.74 Å². The van der Waals surface area contributed by atoms with Crippen LogP contribution in [0.4, 0.5) is 15.8 Å². The number of benzene rings is 2. The van der Waals surface area contributed by atoms with Crippen molar-refractivity contribution in [1.29, 1.82) is 0 Å². The van der Waals surface area contributed by atoms with Crippen LogP contribution in [0.5, 0.6) is 5.75 Å². The van der Waals surface area contributed by atoms with Crippen molar-refractivity contribution in [1.82, 2.24) is 4.31 Å². The first-order chi connectivity index (χ1) is 14.2. The molecule has 0 spiro atoms. The van der Waals surface area contributed by atoms with Gasteiger partial charge < -0.3 is 10.1 Å². The molecule has 2 aromatic carbocycles. The number of nitro benzene ring substituents is 1. The number of nitrogens with zero attached hydrogens (tertiary/aromatic N) is 2. The lowest BCUT2D eigenvalue weighted by atomic mass is 9.97. The van der Waals surface area contributed by atoms with E-state index in [1.165, 1.54) is 43.5 Å². The second kappa shape index (κ2) is 8.76. The van der Waals surface area contributed by atoms with Gasteiger partial charge in [-0.05, 0) is 31.0 Å². The highest BCUT2D eigenvalue weighted by atomic mass is 32.2. The fraction of sp³-hybridized carbons (Fsp3) is 0.316. The van der Waals surface area contributed by atoms with Crippen molar-refractivity contribution >= 4 is 27.3 Å². The monoisotopic (exact) mass is 437 g/mol. The Morgan fingerprint density at radius 1 is 1.23 bits per heavy atom. The number of hydrogen-bond donors (Lipinski definition) is 1. The number of carbonyl (C=O) groups is 1. The number of rotatable bonds is 6. The molecule has 1 N–H and O–H groups in total. The predicted octanol–water partition coefficient (Wildman–Crippen LogP) is 2.78. The summed E-state index contributed by atoms with van der Waals surface area (Å²) in [6.07, 6.45) is 0.466. The summed E-state index contributed by atoms with van der Waals surface area (Å²) in [5.41, 5.74) is -0.0324. The van der Waals surface area contributed by atoms with Crippen LogP contribution >= 0.6 is 0 Å². The van der Waals surface area contributed by atoms with Crippen molar-refractivity contribution in [2.45, 2.75) is 17.7 Å². The summed E-state index contributed by atoms with van der Waals surface area (Å²) in [6.45, 7) is 0.113. The lowest BCUT2D eigenvalue weighted by molar-refractivity contribution is -0.384. The maximum absolute atomic E-state index is 13.9. The van der Waals surface area contributed by atoms with Gasteiger partial charge in [-0.15, -0.1) is 0 Å². The minimum atomic E-state index is -3.99. The van der Waals surface area contributed by atoms with Gasteiger partial charge in [0, 0.05) is 31.1 Å². The number of amides is 1. The molecule has 0 radical (unpaired) electrons. The number of carbonyl (C=O) groups excluding carboxylic acids is 1. The lowest BCUT2D eigenvalue weighted by Crippen LogP contribution is -2.41. The fourth-order valence-electron chi connectivity index (χ4n) is 3.29. The highest BCUT2D eigenvalue weighted by Crippen LogP contribution is 2.31. The number of nitrogens with one attached hydrogen (secondary N) is 1. The number of piperidine rings is 1. The van der Waals surface area contributed by atoms with Crippen LogP contribution in [0.3, 0.4) is 0 Å². The smallest absolute Gasteiger partial charge is 0.271 e. The van der Waals surface area contributed by atoms with Crippen molar-refractivity contribution in [2.24, 2.45) is 5.92 Å². The van der Waals surface area contributed by atoms with Gasteiger partial charge >= 0.3 is 0 Å². The second-order valence-electron chi connectivity index (χ2n) is 6.74. The number of nitro groups is 1. The van der Waals surface area contributed by atoms with Gasteiger partial charge in [0.05, 0.1) is 17.7 Å². The molecular formula is C19H20FN3O6S. The zero-order valence-electron chi connectivity index (χ0n) is 16.1. The van der Waals surface area contributed by atoms with Gasteiger partial charge in [-0.1, -0.05) is 12.1 Å². The Balaban J connectivity index is 1.68. The number of methoxy groups -OCH3 is 1. The number of halogens is 1. The Bertz CT molecular complexity index is 1070. The molecule has 0 unspecified atom stereocenters. The SMILES string of the molecule is COc1ccc([N+](=O)[O-])cc1NC(=O)C1CCN(S(=O)(=O)c2ccccc2F)CC1. The van der Waals surface area contributed by atoms with Gasteiger partial charge in [0.2, 0.25) is 15.9 Å².